The van der Waals surface area contributed by atoms with Crippen molar-refractivity contribution in [1.29, 1.82) is 5.26 Å². The highest BCUT2D eigenvalue weighted by Crippen LogP contribution is 2.37. The van der Waals surface area contributed by atoms with Gasteiger partial charge < -0.3 is 14.8 Å². The number of benzene rings is 1. The molecule has 34 heavy (non-hydrogen) atoms. The molecule has 1 aromatic heterocycles. The van der Waals surface area contributed by atoms with E-state index in [0.717, 1.165) is 55.3 Å². The average Bonchev–Trinajstić information content (AvgIpc) is 3.67. The van der Waals surface area contributed by atoms with Gasteiger partial charge in [0.2, 0.25) is 5.91 Å². The maximum atomic E-state index is 13.9. The Morgan fingerprint density at radius 1 is 1.26 bits per heavy atom. The van der Waals surface area contributed by atoms with Gasteiger partial charge in [-0.25, -0.2) is 0 Å². The van der Waals surface area contributed by atoms with E-state index in [4.69, 9.17) is 28.5 Å². The van der Waals surface area contributed by atoms with Gasteiger partial charge in [0, 0.05) is 44.9 Å². The zero-order valence-electron chi connectivity index (χ0n) is 19.4. The molecule has 1 saturated heterocycles. The molecule has 180 valence electrons. The first-order valence-corrected chi connectivity index (χ1v) is 12.7. The lowest BCUT2D eigenvalue weighted by Crippen LogP contribution is -2.47. The molecule has 1 N–H and O–H groups in total. The molecule has 1 aliphatic heterocycles. The molecule has 2 unspecified atom stereocenters. The van der Waals surface area contributed by atoms with Crippen LogP contribution in [0, 0.1) is 17.2 Å². The van der Waals surface area contributed by atoms with Crippen LogP contribution in [0.3, 0.4) is 0 Å². The molecule has 2 fully saturated rings. The van der Waals surface area contributed by atoms with E-state index >= 15 is 0 Å². The van der Waals surface area contributed by atoms with E-state index in [9.17, 15) is 9.59 Å². The lowest BCUT2D eigenvalue weighted by molar-refractivity contribution is -0.138. The van der Waals surface area contributed by atoms with Gasteiger partial charge in [-0.2, -0.15) is 5.26 Å². The third-order valence-corrected chi connectivity index (χ3v) is 7.73. The molecule has 2 aromatic rings. The SMILES string of the molecule is Cn1ccc(C2CCNCC2C(=O)N(Cc2cc(CCCC#N)cc(Cl)c2Cl)C2CC2)cc1=O. The number of aryl methyl sites for hydroxylation is 2. The Labute approximate surface area is 210 Å². The normalized spacial score (nSPS) is 20.1. The second kappa shape index (κ2) is 10.9. The van der Waals surface area contributed by atoms with E-state index in [1.165, 1.54) is 0 Å². The van der Waals surface area contributed by atoms with Crippen molar-refractivity contribution in [2.45, 2.75) is 57.0 Å². The van der Waals surface area contributed by atoms with Gasteiger partial charge in [-0.1, -0.05) is 29.3 Å². The summed E-state index contributed by atoms with van der Waals surface area (Å²) in [7, 11) is 1.73. The molecule has 2 atom stereocenters. The zero-order valence-corrected chi connectivity index (χ0v) is 20.9. The summed E-state index contributed by atoms with van der Waals surface area (Å²) in [5.74, 6) is -0.141. The minimum atomic E-state index is -0.241. The summed E-state index contributed by atoms with van der Waals surface area (Å²) in [4.78, 5) is 28.1. The van der Waals surface area contributed by atoms with Crippen LogP contribution < -0.4 is 10.9 Å². The summed E-state index contributed by atoms with van der Waals surface area (Å²) in [5, 5.41) is 13.2. The topological polar surface area (TPSA) is 78.1 Å². The Kier molecular flexibility index (Phi) is 7.98. The van der Waals surface area contributed by atoms with Crippen molar-refractivity contribution in [3.63, 3.8) is 0 Å². The fourth-order valence-electron chi connectivity index (χ4n) is 4.82. The van der Waals surface area contributed by atoms with Gasteiger partial charge in [-0.15, -0.1) is 0 Å². The molecule has 4 rings (SSSR count). The lowest BCUT2D eigenvalue weighted by atomic mass is 9.80. The summed E-state index contributed by atoms with van der Waals surface area (Å²) in [6.45, 7) is 1.82. The molecule has 1 amide bonds. The van der Waals surface area contributed by atoms with Crippen molar-refractivity contribution in [3.05, 3.63) is 67.6 Å². The number of nitriles is 1. The van der Waals surface area contributed by atoms with Crippen LogP contribution in [0.15, 0.2) is 35.3 Å². The smallest absolute Gasteiger partial charge is 0.250 e. The number of rotatable bonds is 8. The molecule has 2 heterocycles. The number of halogens is 2. The fraction of sp³-hybridized carbons (Fsp3) is 0.500. The Morgan fingerprint density at radius 2 is 2.06 bits per heavy atom. The number of carbonyl (C=O) groups is 1. The minimum Gasteiger partial charge on any atom is -0.335 e. The van der Waals surface area contributed by atoms with E-state index in [1.807, 2.05) is 23.1 Å². The molecule has 0 spiro atoms. The second-order valence-electron chi connectivity index (χ2n) is 9.37. The number of hydrogen-bond acceptors (Lipinski definition) is 4. The van der Waals surface area contributed by atoms with Gasteiger partial charge in [0.25, 0.3) is 5.56 Å². The van der Waals surface area contributed by atoms with Crippen LogP contribution in [-0.2, 0) is 24.8 Å². The van der Waals surface area contributed by atoms with Crippen LogP contribution in [0.5, 0.6) is 0 Å². The van der Waals surface area contributed by atoms with E-state index in [2.05, 4.69) is 11.4 Å². The number of unbranched alkanes of at least 4 members (excludes halogenated alkanes) is 1. The molecule has 6 nitrogen and oxygen atoms in total. The third kappa shape index (κ3) is 5.66. The summed E-state index contributed by atoms with van der Waals surface area (Å²) in [5.41, 5.74) is 2.74. The van der Waals surface area contributed by atoms with Crippen molar-refractivity contribution in [3.8, 4) is 6.07 Å². The number of amides is 1. The highest BCUT2D eigenvalue weighted by Gasteiger charge is 2.40. The van der Waals surface area contributed by atoms with Gasteiger partial charge in [-0.3, -0.25) is 9.59 Å². The second-order valence-corrected chi connectivity index (χ2v) is 10.2. The largest absolute Gasteiger partial charge is 0.335 e. The summed E-state index contributed by atoms with van der Waals surface area (Å²) in [6.07, 6.45) is 6.53. The number of pyridine rings is 1. The molecule has 1 aliphatic carbocycles. The van der Waals surface area contributed by atoms with E-state index in [0.29, 0.717) is 29.6 Å². The standard InChI is InChI=1S/C26H30Cl2N4O2/c1-31-11-8-18(14-24(31)33)21-7-10-30-15-22(21)26(34)32(20-5-6-20)16-19-12-17(4-2-3-9-29)13-23(27)25(19)28/h8,11-14,20-22,30H,2-7,10,15-16H2,1H3. The Bertz CT molecular complexity index is 1150. The Morgan fingerprint density at radius 3 is 2.76 bits per heavy atom. The van der Waals surface area contributed by atoms with Gasteiger partial charge >= 0.3 is 0 Å². The van der Waals surface area contributed by atoms with Crippen LogP contribution in [0.25, 0.3) is 0 Å². The fourth-order valence-corrected chi connectivity index (χ4v) is 5.25. The maximum Gasteiger partial charge on any atom is 0.250 e. The molecule has 1 aromatic carbocycles. The van der Waals surface area contributed by atoms with Crippen molar-refractivity contribution in [1.82, 2.24) is 14.8 Å². The van der Waals surface area contributed by atoms with Crippen LogP contribution in [0.1, 0.15) is 54.7 Å². The highest BCUT2D eigenvalue weighted by atomic mass is 35.5. The lowest BCUT2D eigenvalue weighted by Gasteiger charge is -2.36. The predicted molar refractivity (Wildman–Crippen MR) is 134 cm³/mol. The van der Waals surface area contributed by atoms with E-state index in [-0.39, 0.29) is 29.3 Å². The molecule has 1 saturated carbocycles. The number of nitrogens with zero attached hydrogens (tertiary/aromatic N) is 3. The van der Waals surface area contributed by atoms with E-state index in [1.54, 1.807) is 23.9 Å². The van der Waals surface area contributed by atoms with Crippen molar-refractivity contribution < 1.29 is 4.79 Å². The molecular weight excluding hydrogens is 471 g/mol. The zero-order chi connectivity index (χ0) is 24.2. The molecular formula is C26H30Cl2N4O2. The summed E-state index contributed by atoms with van der Waals surface area (Å²) < 4.78 is 1.55. The van der Waals surface area contributed by atoms with Crippen LogP contribution in [-0.4, -0.2) is 34.5 Å². The number of carbonyl (C=O) groups excluding carboxylic acids is 1. The molecule has 0 bridgehead atoms. The van der Waals surface area contributed by atoms with Crippen molar-refractivity contribution >= 4 is 29.1 Å². The van der Waals surface area contributed by atoms with Gasteiger partial charge in [0.05, 0.1) is 22.0 Å². The first-order chi connectivity index (χ1) is 16.4. The van der Waals surface area contributed by atoms with Gasteiger partial charge in [0.15, 0.2) is 0 Å². The highest BCUT2D eigenvalue weighted by molar-refractivity contribution is 6.42. The Balaban J connectivity index is 1.58. The first kappa shape index (κ1) is 24.8. The Hall–Kier alpha value is -2.33. The third-order valence-electron chi connectivity index (χ3n) is 6.88. The van der Waals surface area contributed by atoms with Crippen LogP contribution in [0.4, 0.5) is 0 Å². The first-order valence-electron chi connectivity index (χ1n) is 11.9. The summed E-state index contributed by atoms with van der Waals surface area (Å²) in [6, 6.07) is 9.87. The minimum absolute atomic E-state index is 0.000256. The van der Waals surface area contributed by atoms with Crippen LogP contribution in [0.2, 0.25) is 10.0 Å². The van der Waals surface area contributed by atoms with E-state index < -0.39 is 0 Å². The number of piperidine rings is 1. The van der Waals surface area contributed by atoms with Crippen molar-refractivity contribution in [2.24, 2.45) is 13.0 Å². The maximum absolute atomic E-state index is 13.9. The molecule has 2 aliphatic rings. The number of aromatic nitrogens is 1. The van der Waals surface area contributed by atoms with Crippen LogP contribution >= 0.6 is 23.2 Å². The summed E-state index contributed by atoms with van der Waals surface area (Å²) >= 11 is 13.0. The number of hydrogen-bond donors (Lipinski definition) is 1. The quantitative estimate of drug-likeness (QED) is 0.544. The van der Waals surface area contributed by atoms with Crippen molar-refractivity contribution in [2.75, 3.05) is 13.1 Å². The van der Waals surface area contributed by atoms with Gasteiger partial charge in [-0.05, 0) is 73.4 Å². The average molecular weight is 501 g/mol. The molecule has 0 radical (unpaired) electrons. The molecule has 8 heteroatoms. The monoisotopic (exact) mass is 500 g/mol. The number of nitrogens with one attached hydrogen (secondary N) is 1. The predicted octanol–water partition coefficient (Wildman–Crippen LogP) is 4.42. The van der Waals surface area contributed by atoms with Gasteiger partial charge in [0.1, 0.15) is 0 Å².